The number of fused-ring (bicyclic) bond motifs is 3. The summed E-state index contributed by atoms with van der Waals surface area (Å²) < 4.78 is 7.39. The van der Waals surface area contributed by atoms with E-state index in [1.807, 2.05) is 43.3 Å². The highest BCUT2D eigenvalue weighted by molar-refractivity contribution is 7.99. The van der Waals surface area contributed by atoms with Crippen LogP contribution in [0.2, 0.25) is 0 Å². The number of thioether (sulfide) groups is 1. The lowest BCUT2D eigenvalue weighted by molar-refractivity contribution is -0.116. The van der Waals surface area contributed by atoms with Crippen LogP contribution in [-0.4, -0.2) is 28.7 Å². The number of carbonyl (C=O) groups excluding carboxylic acids is 1. The summed E-state index contributed by atoms with van der Waals surface area (Å²) >= 11 is 4.93. The zero-order chi connectivity index (χ0) is 19.5. The fourth-order valence-electron chi connectivity index (χ4n) is 2.81. The van der Waals surface area contributed by atoms with Gasteiger partial charge in [-0.25, -0.2) is 9.97 Å². The Labute approximate surface area is 175 Å². The smallest absolute Gasteiger partial charge is 0.226 e. The van der Waals surface area contributed by atoms with Crippen LogP contribution in [0, 0.1) is 6.92 Å². The maximum absolute atomic E-state index is 12.3. The first-order valence-corrected chi connectivity index (χ1v) is 11.5. The molecule has 0 saturated heterocycles. The van der Waals surface area contributed by atoms with Gasteiger partial charge in [-0.15, -0.1) is 23.1 Å². The lowest BCUT2D eigenvalue weighted by Gasteiger charge is -2.04. The monoisotopic (exact) mass is 429 g/mol. The molecule has 4 aromatic rings. The molecule has 0 saturated carbocycles. The minimum absolute atomic E-state index is 0.00566. The third kappa shape index (κ3) is 4.29. The van der Waals surface area contributed by atoms with Crippen LogP contribution in [0.1, 0.15) is 17.8 Å². The van der Waals surface area contributed by atoms with Crippen molar-refractivity contribution in [2.75, 3.05) is 18.2 Å². The maximum Gasteiger partial charge on any atom is 0.226 e. The Balaban J connectivity index is 1.31. The molecule has 2 aromatic heterocycles. The number of methoxy groups -OCH3 is 1. The number of thiazole rings is 2. The molecule has 0 aliphatic heterocycles. The molecule has 0 fully saturated rings. The zero-order valence-electron chi connectivity index (χ0n) is 15.5. The molecule has 28 heavy (non-hydrogen) atoms. The fraction of sp³-hybridized carbons (Fsp3) is 0.250. The molecule has 1 N–H and O–H groups in total. The Kier molecular flexibility index (Phi) is 5.79. The van der Waals surface area contributed by atoms with Crippen molar-refractivity contribution in [3.63, 3.8) is 0 Å². The number of hydrogen-bond donors (Lipinski definition) is 1. The normalized spacial score (nSPS) is 11.2. The summed E-state index contributed by atoms with van der Waals surface area (Å²) in [6.07, 6.45) is 1.29. The summed E-state index contributed by atoms with van der Waals surface area (Å²) in [6.45, 7) is 2.00. The number of nitrogens with zero attached hydrogens (tertiary/aromatic N) is 2. The molecule has 4 rings (SSSR count). The van der Waals surface area contributed by atoms with Crippen molar-refractivity contribution in [3.8, 4) is 5.75 Å². The number of rotatable bonds is 7. The van der Waals surface area contributed by atoms with Crippen molar-refractivity contribution < 1.29 is 9.53 Å². The number of anilines is 1. The molecule has 1 amide bonds. The topological polar surface area (TPSA) is 64.1 Å². The van der Waals surface area contributed by atoms with Gasteiger partial charge in [0.25, 0.3) is 0 Å². The highest BCUT2D eigenvalue weighted by atomic mass is 32.2. The van der Waals surface area contributed by atoms with E-state index < -0.39 is 0 Å². The van der Waals surface area contributed by atoms with Crippen molar-refractivity contribution in [1.29, 1.82) is 0 Å². The van der Waals surface area contributed by atoms with E-state index >= 15 is 0 Å². The Morgan fingerprint density at radius 1 is 1.07 bits per heavy atom. The van der Waals surface area contributed by atoms with Gasteiger partial charge in [-0.05, 0) is 55.5 Å². The largest absolute Gasteiger partial charge is 0.497 e. The van der Waals surface area contributed by atoms with Gasteiger partial charge in [0, 0.05) is 11.3 Å². The number of ether oxygens (including phenoxy) is 1. The summed E-state index contributed by atoms with van der Waals surface area (Å²) in [5.41, 5.74) is 1.90. The van der Waals surface area contributed by atoms with Crippen LogP contribution in [0.5, 0.6) is 5.75 Å². The molecular weight excluding hydrogens is 410 g/mol. The van der Waals surface area contributed by atoms with Crippen LogP contribution in [0.3, 0.4) is 0 Å². The van der Waals surface area contributed by atoms with Crippen molar-refractivity contribution >= 4 is 65.9 Å². The van der Waals surface area contributed by atoms with Crippen molar-refractivity contribution in [3.05, 3.63) is 41.4 Å². The van der Waals surface area contributed by atoms with Crippen LogP contribution >= 0.6 is 34.4 Å². The number of nitrogens with one attached hydrogen (secondary N) is 1. The Morgan fingerprint density at radius 2 is 1.79 bits per heavy atom. The van der Waals surface area contributed by atoms with Crippen LogP contribution in [-0.2, 0) is 4.79 Å². The van der Waals surface area contributed by atoms with E-state index in [0.717, 1.165) is 43.4 Å². The first-order chi connectivity index (χ1) is 13.6. The summed E-state index contributed by atoms with van der Waals surface area (Å²) in [5, 5.41) is 4.64. The standard InChI is InChI=1S/C20H19N3O2S3/c1-12-21-15-9-10-16-19(18(15)27-12)28-20(22-16)23-17(24)4-3-11-26-14-7-5-13(25-2)6-8-14/h5-10H,3-4,11H2,1-2H3,(H,22,23,24). The lowest BCUT2D eigenvalue weighted by Crippen LogP contribution is -2.11. The van der Waals surface area contributed by atoms with E-state index in [4.69, 9.17) is 4.74 Å². The molecule has 5 nitrogen and oxygen atoms in total. The number of benzene rings is 2. The summed E-state index contributed by atoms with van der Waals surface area (Å²) in [7, 11) is 1.66. The third-order valence-electron chi connectivity index (χ3n) is 4.14. The first kappa shape index (κ1) is 19.2. The van der Waals surface area contributed by atoms with E-state index in [0.29, 0.717) is 11.6 Å². The van der Waals surface area contributed by atoms with E-state index in [9.17, 15) is 4.79 Å². The predicted octanol–water partition coefficient (Wildman–Crippen LogP) is 5.73. The number of carbonyl (C=O) groups is 1. The third-order valence-corrected chi connectivity index (χ3v) is 7.38. The van der Waals surface area contributed by atoms with Crippen molar-refractivity contribution in [2.45, 2.75) is 24.7 Å². The molecule has 144 valence electrons. The van der Waals surface area contributed by atoms with Gasteiger partial charge in [0.05, 0.1) is 32.6 Å². The van der Waals surface area contributed by atoms with Gasteiger partial charge in [-0.1, -0.05) is 11.3 Å². The summed E-state index contributed by atoms with van der Waals surface area (Å²) in [4.78, 5) is 22.5. The first-order valence-electron chi connectivity index (χ1n) is 8.86. The van der Waals surface area contributed by atoms with Gasteiger partial charge < -0.3 is 10.1 Å². The van der Waals surface area contributed by atoms with Crippen LogP contribution in [0.4, 0.5) is 5.13 Å². The number of amides is 1. The van der Waals surface area contributed by atoms with E-state index in [2.05, 4.69) is 15.3 Å². The second-order valence-corrected chi connectivity index (χ2v) is 9.56. The summed E-state index contributed by atoms with van der Waals surface area (Å²) in [5.74, 6) is 1.75. The van der Waals surface area contributed by atoms with Crippen molar-refractivity contribution in [2.24, 2.45) is 0 Å². The van der Waals surface area contributed by atoms with Gasteiger partial charge in [-0.3, -0.25) is 4.79 Å². The average Bonchev–Trinajstić information content (AvgIpc) is 3.27. The zero-order valence-corrected chi connectivity index (χ0v) is 18.0. The molecule has 2 heterocycles. The molecule has 0 bridgehead atoms. The molecule has 8 heteroatoms. The number of hydrogen-bond acceptors (Lipinski definition) is 7. The molecular formula is C20H19N3O2S3. The van der Waals surface area contributed by atoms with E-state index in [1.165, 1.54) is 16.2 Å². The molecule has 0 spiro atoms. The molecule has 0 aliphatic carbocycles. The fourth-order valence-corrected chi connectivity index (χ4v) is 5.69. The second-order valence-electron chi connectivity index (χ2n) is 6.19. The minimum atomic E-state index is 0.00566. The van der Waals surface area contributed by atoms with Crippen LogP contribution < -0.4 is 10.1 Å². The van der Waals surface area contributed by atoms with Crippen molar-refractivity contribution in [1.82, 2.24) is 9.97 Å². The number of aromatic nitrogens is 2. The van der Waals surface area contributed by atoms with E-state index in [1.54, 1.807) is 30.2 Å². The van der Waals surface area contributed by atoms with Gasteiger partial charge >= 0.3 is 0 Å². The van der Waals surface area contributed by atoms with Gasteiger partial charge in [0.2, 0.25) is 5.91 Å². The molecule has 0 unspecified atom stereocenters. The number of aryl methyl sites for hydroxylation is 1. The van der Waals surface area contributed by atoms with Crippen LogP contribution in [0.25, 0.3) is 20.4 Å². The minimum Gasteiger partial charge on any atom is -0.497 e. The second kappa shape index (κ2) is 8.46. The quantitative estimate of drug-likeness (QED) is 0.300. The van der Waals surface area contributed by atoms with Gasteiger partial charge in [0.15, 0.2) is 5.13 Å². The average molecular weight is 430 g/mol. The lowest BCUT2D eigenvalue weighted by atomic mass is 10.3. The van der Waals surface area contributed by atoms with Crippen LogP contribution in [0.15, 0.2) is 41.3 Å². The predicted molar refractivity (Wildman–Crippen MR) is 119 cm³/mol. The van der Waals surface area contributed by atoms with Gasteiger partial charge in [0.1, 0.15) is 5.75 Å². The molecule has 0 aliphatic rings. The highest BCUT2D eigenvalue weighted by Gasteiger charge is 2.12. The highest BCUT2D eigenvalue weighted by Crippen LogP contribution is 2.35. The maximum atomic E-state index is 12.3. The van der Waals surface area contributed by atoms with E-state index in [-0.39, 0.29) is 5.91 Å². The SMILES string of the molecule is COc1ccc(SCCCC(=O)Nc2nc3ccc4nc(C)sc4c3s2)cc1. The summed E-state index contributed by atoms with van der Waals surface area (Å²) in [6, 6.07) is 11.9. The molecule has 0 atom stereocenters. The Hall–Kier alpha value is -2.16. The molecule has 2 aromatic carbocycles. The van der Waals surface area contributed by atoms with Gasteiger partial charge in [-0.2, -0.15) is 0 Å². The Bertz CT molecular complexity index is 1120. The molecule has 0 radical (unpaired) electrons. The Morgan fingerprint density at radius 3 is 2.54 bits per heavy atom.